The molecule has 2 N–H and O–H groups in total. The molecule has 1 fully saturated rings. The molecule has 1 heterocycles. The maximum Gasteiger partial charge on any atom is 0.242 e. The van der Waals surface area contributed by atoms with Crippen LogP contribution >= 0.6 is 27.3 Å². The highest BCUT2D eigenvalue weighted by molar-refractivity contribution is 9.11. The fraction of sp³-hybridized carbons (Fsp3) is 0.636. The molecule has 4 nitrogen and oxygen atoms in total. The minimum Gasteiger partial charge on any atom is -0.312 e. The van der Waals surface area contributed by atoms with Gasteiger partial charge in [0.05, 0.1) is 3.79 Å². The topological polar surface area (TPSA) is 58.2 Å². The zero-order valence-corrected chi connectivity index (χ0v) is 13.4. The van der Waals surface area contributed by atoms with Crippen molar-refractivity contribution in [3.8, 4) is 0 Å². The smallest absolute Gasteiger partial charge is 0.242 e. The molecule has 102 valence electrons. The summed E-state index contributed by atoms with van der Waals surface area (Å²) in [7, 11) is -3.35. The van der Waals surface area contributed by atoms with E-state index < -0.39 is 10.0 Å². The summed E-state index contributed by atoms with van der Waals surface area (Å²) in [6.45, 7) is 3.76. The third kappa shape index (κ3) is 3.77. The fourth-order valence-corrected chi connectivity index (χ4v) is 5.50. The molecule has 1 saturated carbocycles. The van der Waals surface area contributed by atoms with Crippen LogP contribution in [-0.2, 0) is 16.6 Å². The van der Waals surface area contributed by atoms with E-state index in [9.17, 15) is 8.42 Å². The predicted octanol–water partition coefficient (Wildman–Crippen LogP) is 2.45. The van der Waals surface area contributed by atoms with Gasteiger partial charge in [-0.25, -0.2) is 13.1 Å². The summed E-state index contributed by atoms with van der Waals surface area (Å²) >= 11 is 4.82. The molecule has 1 aromatic heterocycles. The number of sulfonamides is 1. The standard InChI is InChI=1S/C11H17BrN2O2S2/c1-2-5-13-7-9-6-10(11(12)17-9)18(15,16)14-8-3-4-8/h6,8,13-14H,2-5,7H2,1H3. The van der Waals surface area contributed by atoms with E-state index in [4.69, 9.17) is 0 Å². The van der Waals surface area contributed by atoms with Gasteiger partial charge in [-0.05, 0) is 47.8 Å². The van der Waals surface area contributed by atoms with E-state index in [0.29, 0.717) is 8.68 Å². The number of nitrogens with one attached hydrogen (secondary N) is 2. The minimum atomic E-state index is -3.35. The molecule has 0 aromatic carbocycles. The van der Waals surface area contributed by atoms with Gasteiger partial charge in [-0.2, -0.15) is 0 Å². The highest BCUT2D eigenvalue weighted by atomic mass is 79.9. The van der Waals surface area contributed by atoms with Gasteiger partial charge >= 0.3 is 0 Å². The van der Waals surface area contributed by atoms with Crippen molar-refractivity contribution in [1.29, 1.82) is 0 Å². The molecule has 18 heavy (non-hydrogen) atoms. The second kappa shape index (κ2) is 6.00. The molecule has 7 heteroatoms. The Hall–Kier alpha value is 0.0500. The van der Waals surface area contributed by atoms with Crippen molar-refractivity contribution in [2.75, 3.05) is 6.54 Å². The van der Waals surface area contributed by atoms with Gasteiger partial charge in [-0.3, -0.25) is 0 Å². The van der Waals surface area contributed by atoms with Gasteiger partial charge in [-0.15, -0.1) is 11.3 Å². The van der Waals surface area contributed by atoms with E-state index in [1.165, 1.54) is 11.3 Å². The second-order valence-electron chi connectivity index (χ2n) is 4.42. The molecular weight excluding hydrogens is 336 g/mol. The lowest BCUT2D eigenvalue weighted by molar-refractivity contribution is 0.581. The molecule has 1 aliphatic rings. The molecule has 0 aliphatic heterocycles. The minimum absolute atomic E-state index is 0.142. The zero-order valence-electron chi connectivity index (χ0n) is 10.2. The van der Waals surface area contributed by atoms with E-state index in [-0.39, 0.29) is 6.04 Å². The highest BCUT2D eigenvalue weighted by Crippen LogP contribution is 2.33. The first kappa shape index (κ1) is 14.5. The average Bonchev–Trinajstić information content (AvgIpc) is 3.00. The maximum atomic E-state index is 12.1. The fourth-order valence-electron chi connectivity index (χ4n) is 1.54. The number of thiophene rings is 1. The molecule has 0 amide bonds. The summed E-state index contributed by atoms with van der Waals surface area (Å²) < 4.78 is 27.6. The Bertz CT molecular complexity index is 509. The average molecular weight is 353 g/mol. The largest absolute Gasteiger partial charge is 0.312 e. The Morgan fingerprint density at radius 3 is 2.83 bits per heavy atom. The van der Waals surface area contributed by atoms with Crippen molar-refractivity contribution in [2.45, 2.75) is 43.7 Å². The van der Waals surface area contributed by atoms with Crippen LogP contribution in [0.4, 0.5) is 0 Å². The maximum absolute atomic E-state index is 12.1. The third-order valence-corrected chi connectivity index (χ3v) is 6.39. The molecule has 0 radical (unpaired) electrons. The van der Waals surface area contributed by atoms with Crippen LogP contribution in [0.1, 0.15) is 31.1 Å². The first-order valence-corrected chi connectivity index (χ1v) is 9.13. The van der Waals surface area contributed by atoms with Gasteiger partial charge in [0, 0.05) is 17.5 Å². The molecule has 2 rings (SSSR count). The Kier molecular flexibility index (Phi) is 4.82. The van der Waals surface area contributed by atoms with Crippen LogP contribution < -0.4 is 10.0 Å². The van der Waals surface area contributed by atoms with E-state index in [1.807, 2.05) is 0 Å². The summed E-state index contributed by atoms with van der Waals surface area (Å²) in [6, 6.07) is 1.89. The van der Waals surface area contributed by atoms with Crippen LogP contribution in [0.2, 0.25) is 0 Å². The van der Waals surface area contributed by atoms with Crippen LogP contribution in [-0.4, -0.2) is 21.0 Å². The number of hydrogen-bond donors (Lipinski definition) is 2. The summed E-state index contributed by atoms with van der Waals surface area (Å²) in [4.78, 5) is 1.40. The Balaban J connectivity index is 2.07. The monoisotopic (exact) mass is 352 g/mol. The lowest BCUT2D eigenvalue weighted by Crippen LogP contribution is -2.25. The lowest BCUT2D eigenvalue weighted by Gasteiger charge is -2.03. The van der Waals surface area contributed by atoms with Crippen molar-refractivity contribution in [2.24, 2.45) is 0 Å². The molecule has 0 atom stereocenters. The van der Waals surface area contributed by atoms with Crippen molar-refractivity contribution < 1.29 is 8.42 Å². The molecule has 0 spiro atoms. The van der Waals surface area contributed by atoms with Gasteiger partial charge < -0.3 is 5.32 Å². The predicted molar refractivity (Wildman–Crippen MR) is 77.4 cm³/mol. The summed E-state index contributed by atoms with van der Waals surface area (Å²) in [5.74, 6) is 0. The summed E-state index contributed by atoms with van der Waals surface area (Å²) in [5, 5.41) is 3.27. The second-order valence-corrected chi connectivity index (χ2v) is 8.56. The van der Waals surface area contributed by atoms with Gasteiger partial charge in [0.1, 0.15) is 4.90 Å². The van der Waals surface area contributed by atoms with E-state index in [1.54, 1.807) is 6.07 Å². The van der Waals surface area contributed by atoms with E-state index >= 15 is 0 Å². The number of hydrogen-bond acceptors (Lipinski definition) is 4. The van der Waals surface area contributed by atoms with Crippen LogP contribution in [0.25, 0.3) is 0 Å². The van der Waals surface area contributed by atoms with Crippen LogP contribution in [0.5, 0.6) is 0 Å². The number of rotatable bonds is 7. The Morgan fingerprint density at radius 1 is 1.50 bits per heavy atom. The highest BCUT2D eigenvalue weighted by Gasteiger charge is 2.30. The van der Waals surface area contributed by atoms with Gasteiger partial charge in [0.25, 0.3) is 0 Å². The van der Waals surface area contributed by atoms with E-state index in [0.717, 1.165) is 37.2 Å². The zero-order chi connectivity index (χ0) is 13.2. The SMILES string of the molecule is CCCNCc1cc(S(=O)(=O)NC2CC2)c(Br)s1. The van der Waals surface area contributed by atoms with Gasteiger partial charge in [-0.1, -0.05) is 6.92 Å². The summed E-state index contributed by atoms with van der Waals surface area (Å²) in [6.07, 6.45) is 2.97. The van der Waals surface area contributed by atoms with Crippen molar-refractivity contribution in [3.63, 3.8) is 0 Å². The van der Waals surface area contributed by atoms with E-state index in [2.05, 4.69) is 32.9 Å². The Morgan fingerprint density at radius 2 is 2.22 bits per heavy atom. The molecule has 1 aliphatic carbocycles. The van der Waals surface area contributed by atoms with Crippen LogP contribution in [0.3, 0.4) is 0 Å². The van der Waals surface area contributed by atoms with Crippen LogP contribution in [0, 0.1) is 0 Å². The van der Waals surface area contributed by atoms with Crippen molar-refractivity contribution in [3.05, 3.63) is 14.7 Å². The van der Waals surface area contributed by atoms with Crippen LogP contribution in [0.15, 0.2) is 14.7 Å². The molecule has 1 aromatic rings. The first-order valence-electron chi connectivity index (χ1n) is 6.04. The third-order valence-electron chi connectivity index (χ3n) is 2.62. The quantitative estimate of drug-likeness (QED) is 0.741. The normalized spacial score (nSPS) is 16.1. The molecule has 0 unspecified atom stereocenters. The molecular formula is C11H17BrN2O2S2. The molecule has 0 saturated heterocycles. The van der Waals surface area contributed by atoms with Crippen molar-refractivity contribution >= 4 is 37.3 Å². The van der Waals surface area contributed by atoms with Crippen molar-refractivity contribution in [1.82, 2.24) is 10.0 Å². The number of halogens is 1. The molecule has 0 bridgehead atoms. The lowest BCUT2D eigenvalue weighted by atomic mass is 10.4. The van der Waals surface area contributed by atoms with Gasteiger partial charge in [0.15, 0.2) is 0 Å². The van der Waals surface area contributed by atoms with Gasteiger partial charge in [0.2, 0.25) is 10.0 Å². The first-order chi connectivity index (χ1) is 8.53. The summed E-state index contributed by atoms with van der Waals surface area (Å²) in [5.41, 5.74) is 0. The Labute approximate surface area is 120 Å².